The molecule has 2 aromatic rings. The average molecular weight is 489 g/mol. The summed E-state index contributed by atoms with van der Waals surface area (Å²) in [4.78, 5) is 32.0. The van der Waals surface area contributed by atoms with Gasteiger partial charge >= 0.3 is 6.36 Å². The summed E-state index contributed by atoms with van der Waals surface area (Å²) in [5.74, 6) is -0.270. The molecule has 2 aliphatic rings. The Morgan fingerprint density at radius 1 is 1.15 bits per heavy atom. The van der Waals surface area contributed by atoms with Crippen molar-refractivity contribution in [2.45, 2.75) is 63.1 Å². The Morgan fingerprint density at radius 3 is 2.58 bits per heavy atom. The average Bonchev–Trinajstić information content (AvgIpc) is 3.10. The second-order valence-corrected chi connectivity index (χ2v) is 8.88. The molecule has 1 aromatic heterocycles. The van der Waals surface area contributed by atoms with E-state index in [9.17, 15) is 22.8 Å². The van der Waals surface area contributed by atoms with Gasteiger partial charge in [0, 0.05) is 29.8 Å². The summed E-state index contributed by atoms with van der Waals surface area (Å²) in [5.41, 5.74) is 1.44. The third kappa shape index (κ3) is 6.58. The van der Waals surface area contributed by atoms with Crippen molar-refractivity contribution in [3.8, 4) is 0 Å². The standard InChI is InChI=1S/C21H24ClF3N4O4/c22-12-3-6-16-17(7-12)28-20(27-16)29-19(31)11-1-4-13(5-2-11)26-18(30)10-32-14-8-15(9-14)33-21(23,24)25/h3,6-7,11,13-15H,1-2,4-5,8-10H2,(H,26,30)(H2,27,28,29,31). The van der Waals surface area contributed by atoms with Crippen LogP contribution in [0.25, 0.3) is 11.0 Å². The number of ether oxygens (including phenoxy) is 2. The number of carbonyl (C=O) groups excluding carboxylic acids is 2. The van der Waals surface area contributed by atoms with Gasteiger partial charge in [-0.3, -0.25) is 19.6 Å². The number of H-pyrrole nitrogens is 1. The first-order chi connectivity index (χ1) is 15.6. The molecule has 0 saturated heterocycles. The molecular weight excluding hydrogens is 465 g/mol. The second kappa shape index (κ2) is 9.86. The number of amides is 2. The van der Waals surface area contributed by atoms with E-state index in [0.717, 1.165) is 5.52 Å². The van der Waals surface area contributed by atoms with Crippen molar-refractivity contribution in [2.24, 2.45) is 5.92 Å². The van der Waals surface area contributed by atoms with Crippen molar-refractivity contribution < 1.29 is 32.2 Å². The van der Waals surface area contributed by atoms with Crippen LogP contribution in [0.3, 0.4) is 0 Å². The highest BCUT2D eigenvalue weighted by molar-refractivity contribution is 6.31. The monoisotopic (exact) mass is 488 g/mol. The van der Waals surface area contributed by atoms with Crippen LogP contribution >= 0.6 is 11.6 Å². The van der Waals surface area contributed by atoms with Crippen molar-refractivity contribution in [1.29, 1.82) is 0 Å². The lowest BCUT2D eigenvalue weighted by Crippen LogP contribution is -2.44. The maximum atomic E-state index is 12.6. The fourth-order valence-corrected chi connectivity index (χ4v) is 4.33. The highest BCUT2D eigenvalue weighted by atomic mass is 35.5. The Labute approximate surface area is 192 Å². The minimum absolute atomic E-state index is 0.0683. The predicted molar refractivity (Wildman–Crippen MR) is 114 cm³/mol. The molecule has 4 rings (SSSR count). The number of benzene rings is 1. The van der Waals surface area contributed by atoms with Crippen LogP contribution in [0, 0.1) is 5.92 Å². The molecule has 0 atom stereocenters. The highest BCUT2D eigenvalue weighted by Gasteiger charge is 2.40. The first kappa shape index (κ1) is 23.8. The Balaban J connectivity index is 1.14. The van der Waals surface area contributed by atoms with Gasteiger partial charge in [-0.15, -0.1) is 13.2 Å². The lowest BCUT2D eigenvalue weighted by atomic mass is 9.85. The van der Waals surface area contributed by atoms with Gasteiger partial charge in [0.15, 0.2) is 0 Å². The van der Waals surface area contributed by atoms with E-state index in [1.54, 1.807) is 18.2 Å². The molecule has 0 radical (unpaired) electrons. The summed E-state index contributed by atoms with van der Waals surface area (Å²) < 4.78 is 45.6. The van der Waals surface area contributed by atoms with Gasteiger partial charge < -0.3 is 15.0 Å². The number of rotatable bonds is 7. The normalized spacial score (nSPS) is 25.5. The van der Waals surface area contributed by atoms with E-state index < -0.39 is 18.6 Å². The maximum absolute atomic E-state index is 12.6. The summed E-state index contributed by atoms with van der Waals surface area (Å²) in [6, 6.07) is 5.15. The largest absolute Gasteiger partial charge is 0.522 e. The summed E-state index contributed by atoms with van der Waals surface area (Å²) in [6.07, 6.45) is -3.21. The van der Waals surface area contributed by atoms with E-state index in [1.807, 2.05) is 0 Å². The first-order valence-corrected chi connectivity index (χ1v) is 11.1. The van der Waals surface area contributed by atoms with Crippen molar-refractivity contribution in [3.63, 3.8) is 0 Å². The molecule has 12 heteroatoms. The van der Waals surface area contributed by atoms with Crippen LogP contribution in [0.4, 0.5) is 19.1 Å². The van der Waals surface area contributed by atoms with E-state index in [0.29, 0.717) is 42.2 Å². The molecule has 33 heavy (non-hydrogen) atoms. The molecule has 0 spiro atoms. The maximum Gasteiger partial charge on any atom is 0.522 e. The Morgan fingerprint density at radius 2 is 1.88 bits per heavy atom. The Hall–Kier alpha value is -2.37. The van der Waals surface area contributed by atoms with Gasteiger partial charge in [0.25, 0.3) is 0 Å². The molecule has 2 fully saturated rings. The van der Waals surface area contributed by atoms with E-state index in [2.05, 4.69) is 25.3 Å². The van der Waals surface area contributed by atoms with Gasteiger partial charge in [0.2, 0.25) is 17.8 Å². The zero-order chi connectivity index (χ0) is 23.6. The number of carbonyl (C=O) groups is 2. The van der Waals surface area contributed by atoms with E-state index in [-0.39, 0.29) is 43.2 Å². The van der Waals surface area contributed by atoms with Gasteiger partial charge in [-0.05, 0) is 43.9 Å². The fraction of sp³-hybridized carbons (Fsp3) is 0.571. The number of nitrogens with zero attached hydrogens (tertiary/aromatic N) is 1. The van der Waals surface area contributed by atoms with Crippen LogP contribution in [0.1, 0.15) is 38.5 Å². The lowest BCUT2D eigenvalue weighted by molar-refractivity contribution is -0.357. The quantitative estimate of drug-likeness (QED) is 0.548. The third-order valence-corrected chi connectivity index (χ3v) is 6.19. The fourth-order valence-electron chi connectivity index (χ4n) is 4.16. The van der Waals surface area contributed by atoms with Crippen LogP contribution in [0.2, 0.25) is 5.02 Å². The summed E-state index contributed by atoms with van der Waals surface area (Å²) >= 11 is 5.96. The number of hydrogen-bond donors (Lipinski definition) is 3. The summed E-state index contributed by atoms with van der Waals surface area (Å²) in [6.45, 7) is -0.208. The number of fused-ring (bicyclic) bond motifs is 1. The van der Waals surface area contributed by atoms with Crippen molar-refractivity contribution in [1.82, 2.24) is 15.3 Å². The van der Waals surface area contributed by atoms with Gasteiger partial charge in [-0.2, -0.15) is 0 Å². The Kier molecular flexibility index (Phi) is 7.10. The van der Waals surface area contributed by atoms with Crippen molar-refractivity contribution in [3.05, 3.63) is 23.2 Å². The van der Waals surface area contributed by atoms with E-state index in [4.69, 9.17) is 16.3 Å². The molecule has 0 aliphatic heterocycles. The van der Waals surface area contributed by atoms with E-state index in [1.165, 1.54) is 0 Å². The number of alkyl halides is 3. The van der Waals surface area contributed by atoms with Gasteiger partial charge in [-0.25, -0.2) is 4.98 Å². The molecule has 180 valence electrons. The molecule has 1 heterocycles. The number of aromatic amines is 1. The predicted octanol–water partition coefficient (Wildman–Crippen LogP) is 3.91. The minimum Gasteiger partial charge on any atom is -0.368 e. The summed E-state index contributed by atoms with van der Waals surface area (Å²) in [7, 11) is 0. The zero-order valence-corrected chi connectivity index (χ0v) is 18.3. The first-order valence-electron chi connectivity index (χ1n) is 10.8. The highest BCUT2D eigenvalue weighted by Crippen LogP contribution is 2.32. The number of hydrogen-bond acceptors (Lipinski definition) is 5. The van der Waals surface area contributed by atoms with Crippen LogP contribution in [-0.4, -0.2) is 53.0 Å². The SMILES string of the molecule is O=C(COC1CC(OC(F)(F)F)C1)NC1CCC(C(=O)Nc2nc3ccc(Cl)cc3[nH]2)CC1. The molecule has 0 bridgehead atoms. The minimum atomic E-state index is -4.65. The van der Waals surface area contributed by atoms with E-state index >= 15 is 0 Å². The van der Waals surface area contributed by atoms with Crippen LogP contribution < -0.4 is 10.6 Å². The van der Waals surface area contributed by atoms with Gasteiger partial charge in [0.05, 0.1) is 23.2 Å². The molecular formula is C21H24ClF3N4O4. The molecule has 1 aromatic carbocycles. The molecule has 3 N–H and O–H groups in total. The zero-order valence-electron chi connectivity index (χ0n) is 17.6. The second-order valence-electron chi connectivity index (χ2n) is 8.44. The Bertz CT molecular complexity index is 1000. The number of imidazole rings is 1. The molecule has 2 amide bonds. The van der Waals surface area contributed by atoms with Crippen LogP contribution in [-0.2, 0) is 19.1 Å². The lowest BCUT2D eigenvalue weighted by Gasteiger charge is -2.35. The smallest absolute Gasteiger partial charge is 0.368 e. The molecule has 2 saturated carbocycles. The van der Waals surface area contributed by atoms with Crippen LogP contribution in [0.5, 0.6) is 0 Å². The molecule has 8 nitrogen and oxygen atoms in total. The summed E-state index contributed by atoms with van der Waals surface area (Å²) in [5, 5.41) is 6.24. The van der Waals surface area contributed by atoms with Crippen LogP contribution in [0.15, 0.2) is 18.2 Å². The number of halogens is 4. The topological polar surface area (TPSA) is 105 Å². The van der Waals surface area contributed by atoms with Gasteiger partial charge in [0.1, 0.15) is 6.61 Å². The van der Waals surface area contributed by atoms with Crippen molar-refractivity contribution >= 4 is 40.4 Å². The van der Waals surface area contributed by atoms with Gasteiger partial charge in [-0.1, -0.05) is 11.6 Å². The number of nitrogens with one attached hydrogen (secondary N) is 3. The number of anilines is 1. The third-order valence-electron chi connectivity index (χ3n) is 5.95. The number of aromatic nitrogens is 2. The van der Waals surface area contributed by atoms with Crippen molar-refractivity contribution in [2.75, 3.05) is 11.9 Å². The molecule has 0 unspecified atom stereocenters. The molecule has 2 aliphatic carbocycles.